The highest BCUT2D eigenvalue weighted by Gasteiger charge is 2.35. The minimum Gasteiger partial charge on any atom is -0.465 e. The molecule has 0 bridgehead atoms. The lowest BCUT2D eigenvalue weighted by molar-refractivity contribution is -0.120. The Labute approximate surface area is 163 Å². The number of para-hydroxylation sites is 1. The molecule has 7 nitrogen and oxygen atoms in total. The van der Waals surface area contributed by atoms with Gasteiger partial charge in [0.15, 0.2) is 0 Å². The number of methoxy groups -OCH3 is 1. The van der Waals surface area contributed by atoms with Crippen LogP contribution in [-0.2, 0) is 20.9 Å². The van der Waals surface area contributed by atoms with Crippen LogP contribution in [0.5, 0.6) is 0 Å². The highest BCUT2D eigenvalue weighted by molar-refractivity contribution is 6.03. The van der Waals surface area contributed by atoms with Crippen LogP contribution in [0.15, 0.2) is 54.6 Å². The van der Waals surface area contributed by atoms with E-state index in [1.54, 1.807) is 24.3 Å². The van der Waals surface area contributed by atoms with Gasteiger partial charge < -0.3 is 14.8 Å². The van der Waals surface area contributed by atoms with Gasteiger partial charge >= 0.3 is 12.1 Å². The Morgan fingerprint density at radius 3 is 2.54 bits per heavy atom. The van der Waals surface area contributed by atoms with Crippen LogP contribution < -0.4 is 5.32 Å². The summed E-state index contributed by atoms with van der Waals surface area (Å²) in [4.78, 5) is 38.5. The van der Waals surface area contributed by atoms with Gasteiger partial charge in [-0.05, 0) is 30.5 Å². The number of esters is 1. The van der Waals surface area contributed by atoms with Crippen LogP contribution in [0, 0.1) is 0 Å². The van der Waals surface area contributed by atoms with Crippen LogP contribution in [0.3, 0.4) is 0 Å². The maximum atomic E-state index is 12.8. The lowest BCUT2D eigenvalue weighted by atomic mass is 10.1. The lowest BCUT2D eigenvalue weighted by Gasteiger charge is -2.23. The predicted octanol–water partition coefficient (Wildman–Crippen LogP) is 3.21. The van der Waals surface area contributed by atoms with Crippen molar-refractivity contribution >= 4 is 23.7 Å². The molecule has 2 aromatic carbocycles. The Morgan fingerprint density at radius 1 is 1.07 bits per heavy atom. The molecule has 1 fully saturated rings. The third-order valence-electron chi connectivity index (χ3n) is 4.59. The number of ether oxygens (including phenoxy) is 2. The average Bonchev–Trinajstić information content (AvgIpc) is 3.23. The van der Waals surface area contributed by atoms with Gasteiger partial charge in [0.05, 0.1) is 18.4 Å². The zero-order valence-electron chi connectivity index (χ0n) is 15.6. The van der Waals surface area contributed by atoms with Crippen LogP contribution in [0.25, 0.3) is 0 Å². The van der Waals surface area contributed by atoms with Crippen molar-refractivity contribution in [3.05, 3.63) is 65.7 Å². The maximum Gasteiger partial charge on any atom is 0.410 e. The van der Waals surface area contributed by atoms with Gasteiger partial charge in [-0.1, -0.05) is 42.5 Å². The molecule has 1 saturated heterocycles. The minimum absolute atomic E-state index is 0.148. The van der Waals surface area contributed by atoms with Crippen molar-refractivity contribution in [1.82, 2.24) is 4.90 Å². The smallest absolute Gasteiger partial charge is 0.410 e. The summed E-state index contributed by atoms with van der Waals surface area (Å²) in [5.41, 5.74) is 1.49. The molecule has 0 saturated carbocycles. The zero-order chi connectivity index (χ0) is 19.9. The summed E-state index contributed by atoms with van der Waals surface area (Å²) in [7, 11) is 1.28. The fraction of sp³-hybridized carbons (Fsp3) is 0.286. The van der Waals surface area contributed by atoms with Gasteiger partial charge in [-0.3, -0.25) is 9.69 Å². The van der Waals surface area contributed by atoms with Crippen molar-refractivity contribution in [2.24, 2.45) is 0 Å². The summed E-state index contributed by atoms with van der Waals surface area (Å²) in [5, 5.41) is 2.74. The topological polar surface area (TPSA) is 84.9 Å². The summed E-state index contributed by atoms with van der Waals surface area (Å²) in [6.07, 6.45) is 0.715. The molecule has 0 radical (unpaired) electrons. The Bertz CT molecular complexity index is 853. The van der Waals surface area contributed by atoms with E-state index in [9.17, 15) is 14.4 Å². The van der Waals surface area contributed by atoms with Gasteiger partial charge in [0.2, 0.25) is 5.91 Å². The number of hydrogen-bond donors (Lipinski definition) is 1. The molecular formula is C21H22N2O5. The molecular weight excluding hydrogens is 360 g/mol. The van der Waals surface area contributed by atoms with Crippen LogP contribution >= 0.6 is 0 Å². The van der Waals surface area contributed by atoms with Crippen LogP contribution in [0.2, 0.25) is 0 Å². The van der Waals surface area contributed by atoms with E-state index in [1.807, 2.05) is 30.3 Å². The van der Waals surface area contributed by atoms with Gasteiger partial charge in [0.25, 0.3) is 0 Å². The number of anilines is 1. The molecule has 1 atom stereocenters. The van der Waals surface area contributed by atoms with E-state index in [-0.39, 0.29) is 18.1 Å². The van der Waals surface area contributed by atoms with Crippen molar-refractivity contribution in [3.8, 4) is 0 Å². The zero-order valence-corrected chi connectivity index (χ0v) is 15.6. The Kier molecular flexibility index (Phi) is 6.26. The summed E-state index contributed by atoms with van der Waals surface area (Å²) >= 11 is 0. The molecule has 0 aliphatic carbocycles. The average molecular weight is 382 g/mol. The van der Waals surface area contributed by atoms with Crippen molar-refractivity contribution in [2.45, 2.75) is 25.5 Å². The van der Waals surface area contributed by atoms with E-state index in [4.69, 9.17) is 9.47 Å². The molecule has 2 amide bonds. The number of carbonyl (C=O) groups is 3. The van der Waals surface area contributed by atoms with E-state index in [0.29, 0.717) is 25.1 Å². The van der Waals surface area contributed by atoms with Gasteiger partial charge in [-0.2, -0.15) is 0 Å². The third kappa shape index (κ3) is 4.49. The van der Waals surface area contributed by atoms with E-state index in [2.05, 4.69) is 5.32 Å². The molecule has 1 N–H and O–H groups in total. The largest absolute Gasteiger partial charge is 0.465 e. The molecule has 1 heterocycles. The van der Waals surface area contributed by atoms with E-state index in [0.717, 1.165) is 5.56 Å². The molecule has 2 aromatic rings. The van der Waals surface area contributed by atoms with Gasteiger partial charge in [0, 0.05) is 6.54 Å². The molecule has 0 unspecified atom stereocenters. The Morgan fingerprint density at radius 2 is 1.79 bits per heavy atom. The monoisotopic (exact) mass is 382 g/mol. The van der Waals surface area contributed by atoms with Crippen LogP contribution in [0.4, 0.5) is 10.5 Å². The number of likely N-dealkylation sites (tertiary alicyclic amines) is 1. The second-order valence-corrected chi connectivity index (χ2v) is 6.42. The first kappa shape index (κ1) is 19.4. The minimum atomic E-state index is -0.644. The second-order valence-electron chi connectivity index (χ2n) is 6.42. The Hall–Kier alpha value is -3.35. The number of hydrogen-bond acceptors (Lipinski definition) is 5. The quantitative estimate of drug-likeness (QED) is 0.803. The predicted molar refractivity (Wildman–Crippen MR) is 103 cm³/mol. The normalized spacial score (nSPS) is 15.8. The molecule has 1 aliphatic rings. The van der Waals surface area contributed by atoms with E-state index >= 15 is 0 Å². The molecule has 28 heavy (non-hydrogen) atoms. The molecule has 0 spiro atoms. The number of amides is 2. The maximum absolute atomic E-state index is 12.8. The van der Waals surface area contributed by atoms with Gasteiger partial charge in [-0.15, -0.1) is 0 Å². The molecule has 7 heteroatoms. The van der Waals surface area contributed by atoms with Crippen molar-refractivity contribution in [3.63, 3.8) is 0 Å². The van der Waals surface area contributed by atoms with Crippen LogP contribution in [-0.4, -0.2) is 42.6 Å². The fourth-order valence-corrected chi connectivity index (χ4v) is 3.16. The standard InChI is InChI=1S/C21H22N2O5/c1-27-20(25)16-10-5-6-11-17(16)22-19(24)18-12-7-13-23(18)21(26)28-14-15-8-3-2-4-9-15/h2-6,8-11,18H,7,12-14H2,1H3,(H,22,24)/t18-/m0/s1. The van der Waals surface area contributed by atoms with Gasteiger partial charge in [0.1, 0.15) is 12.6 Å². The first-order valence-electron chi connectivity index (χ1n) is 9.05. The fourth-order valence-electron chi connectivity index (χ4n) is 3.16. The number of nitrogens with zero attached hydrogens (tertiary/aromatic N) is 1. The summed E-state index contributed by atoms with van der Waals surface area (Å²) < 4.78 is 10.1. The number of benzene rings is 2. The first-order valence-corrected chi connectivity index (χ1v) is 9.05. The van der Waals surface area contributed by atoms with Crippen LogP contribution in [0.1, 0.15) is 28.8 Å². The van der Waals surface area contributed by atoms with Gasteiger partial charge in [-0.25, -0.2) is 9.59 Å². The summed E-state index contributed by atoms with van der Waals surface area (Å²) in [6, 6.07) is 15.3. The first-order chi connectivity index (χ1) is 13.6. The number of nitrogens with one attached hydrogen (secondary N) is 1. The number of rotatable bonds is 5. The summed E-state index contributed by atoms with van der Waals surface area (Å²) in [5.74, 6) is -0.896. The molecule has 1 aliphatic heterocycles. The highest BCUT2D eigenvalue weighted by atomic mass is 16.6. The third-order valence-corrected chi connectivity index (χ3v) is 4.59. The molecule has 146 valence electrons. The van der Waals surface area contributed by atoms with Crippen molar-refractivity contribution in [2.75, 3.05) is 19.0 Å². The van der Waals surface area contributed by atoms with Crippen molar-refractivity contribution < 1.29 is 23.9 Å². The molecule has 0 aromatic heterocycles. The Balaban J connectivity index is 1.65. The SMILES string of the molecule is COC(=O)c1ccccc1NC(=O)[C@@H]1CCCN1C(=O)OCc1ccccc1. The second kappa shape index (κ2) is 9.03. The number of carbonyl (C=O) groups excluding carboxylic acids is 3. The van der Waals surface area contributed by atoms with E-state index in [1.165, 1.54) is 12.0 Å². The lowest BCUT2D eigenvalue weighted by Crippen LogP contribution is -2.43. The highest BCUT2D eigenvalue weighted by Crippen LogP contribution is 2.22. The molecule has 3 rings (SSSR count). The summed E-state index contributed by atoms with van der Waals surface area (Å²) in [6.45, 7) is 0.597. The van der Waals surface area contributed by atoms with Crippen molar-refractivity contribution in [1.29, 1.82) is 0 Å². The van der Waals surface area contributed by atoms with E-state index < -0.39 is 18.1 Å².